The van der Waals surface area contributed by atoms with Gasteiger partial charge in [0.25, 0.3) is 0 Å². The van der Waals surface area contributed by atoms with Crippen LogP contribution in [0.1, 0.15) is 26.5 Å². The van der Waals surface area contributed by atoms with Crippen molar-refractivity contribution in [1.82, 2.24) is 14.9 Å². The van der Waals surface area contributed by atoms with Crippen LogP contribution < -0.4 is 16.0 Å². The zero-order chi connectivity index (χ0) is 18.4. The Morgan fingerprint density at radius 1 is 1.28 bits per heavy atom. The number of imidazole rings is 1. The number of halogens is 1. The highest BCUT2D eigenvalue weighted by Gasteiger charge is 2.12. The Hall–Kier alpha value is -2.90. The van der Waals surface area contributed by atoms with Gasteiger partial charge in [0.1, 0.15) is 5.82 Å². The minimum Gasteiger partial charge on any atom is -0.333 e. The number of nitrogens with one attached hydrogen (secondary N) is 3. The highest BCUT2D eigenvalue weighted by atomic mass is 19.1. The van der Waals surface area contributed by atoms with Crippen molar-refractivity contribution in [2.75, 3.05) is 10.6 Å². The van der Waals surface area contributed by atoms with Crippen LogP contribution in [0.15, 0.2) is 30.7 Å². The molecule has 0 aliphatic rings. The van der Waals surface area contributed by atoms with E-state index >= 15 is 0 Å². The first-order valence-corrected chi connectivity index (χ1v) is 8.05. The molecule has 0 unspecified atom stereocenters. The topological polar surface area (TPSA) is 88.1 Å². The van der Waals surface area contributed by atoms with Crippen LogP contribution in [0.3, 0.4) is 0 Å². The van der Waals surface area contributed by atoms with Crippen LogP contribution in [0.4, 0.5) is 20.6 Å². The first kappa shape index (κ1) is 18.4. The van der Waals surface area contributed by atoms with Crippen molar-refractivity contribution in [3.05, 3.63) is 42.2 Å². The van der Waals surface area contributed by atoms with Crippen molar-refractivity contribution < 1.29 is 14.0 Å². The molecule has 3 N–H and O–H groups in total. The molecule has 25 heavy (non-hydrogen) atoms. The lowest BCUT2D eigenvalue weighted by Gasteiger charge is -2.12. The SMILES string of the molecule is CCn1cncc1CNC(=O)Nc1ccc(F)c(NC(=O)C(C)C)c1. The molecule has 7 nitrogen and oxygen atoms in total. The molecule has 1 heterocycles. The van der Waals surface area contributed by atoms with E-state index in [2.05, 4.69) is 20.9 Å². The van der Waals surface area contributed by atoms with Crippen molar-refractivity contribution in [1.29, 1.82) is 0 Å². The largest absolute Gasteiger partial charge is 0.333 e. The molecule has 1 aromatic heterocycles. The lowest BCUT2D eigenvalue weighted by atomic mass is 10.2. The van der Waals surface area contributed by atoms with E-state index in [1.165, 1.54) is 18.2 Å². The number of hydrogen-bond donors (Lipinski definition) is 3. The van der Waals surface area contributed by atoms with E-state index in [0.29, 0.717) is 12.2 Å². The molecule has 0 saturated carbocycles. The fourth-order valence-electron chi connectivity index (χ4n) is 2.10. The number of urea groups is 1. The highest BCUT2D eigenvalue weighted by molar-refractivity contribution is 5.94. The molecule has 2 aromatic rings. The predicted molar refractivity (Wildman–Crippen MR) is 93.6 cm³/mol. The predicted octanol–water partition coefficient (Wildman–Crippen LogP) is 2.96. The summed E-state index contributed by atoms with van der Waals surface area (Å²) in [6.45, 7) is 6.48. The Labute approximate surface area is 145 Å². The number of anilines is 2. The molecular weight excluding hydrogens is 325 g/mol. The molecule has 1 aromatic carbocycles. The summed E-state index contributed by atoms with van der Waals surface area (Å²) in [5.41, 5.74) is 1.28. The van der Waals surface area contributed by atoms with E-state index in [4.69, 9.17) is 0 Å². The van der Waals surface area contributed by atoms with Crippen LogP contribution in [-0.4, -0.2) is 21.5 Å². The molecule has 0 aliphatic heterocycles. The smallest absolute Gasteiger partial charge is 0.319 e. The maximum absolute atomic E-state index is 13.8. The summed E-state index contributed by atoms with van der Waals surface area (Å²) in [5.74, 6) is -1.14. The standard InChI is InChI=1S/C17H22FN5O2/c1-4-23-10-19-8-13(23)9-20-17(25)21-12-5-6-14(18)15(7-12)22-16(24)11(2)3/h5-8,10-11H,4,9H2,1-3H3,(H,22,24)(H2,20,21,25). The van der Waals surface area contributed by atoms with Crippen molar-refractivity contribution in [3.8, 4) is 0 Å². The van der Waals surface area contributed by atoms with Crippen molar-refractivity contribution in [2.24, 2.45) is 5.92 Å². The van der Waals surface area contributed by atoms with Gasteiger partial charge < -0.3 is 20.5 Å². The van der Waals surface area contributed by atoms with Gasteiger partial charge >= 0.3 is 6.03 Å². The molecule has 8 heteroatoms. The van der Waals surface area contributed by atoms with E-state index in [1.807, 2.05) is 11.5 Å². The third kappa shape index (κ3) is 5.03. The first-order valence-electron chi connectivity index (χ1n) is 8.05. The van der Waals surface area contributed by atoms with E-state index < -0.39 is 11.8 Å². The number of aromatic nitrogens is 2. The number of carbonyl (C=O) groups excluding carboxylic acids is 2. The number of aryl methyl sites for hydroxylation is 1. The van der Waals surface area contributed by atoms with Crippen LogP contribution in [0, 0.1) is 11.7 Å². The second-order valence-corrected chi connectivity index (χ2v) is 5.82. The summed E-state index contributed by atoms with van der Waals surface area (Å²) in [7, 11) is 0. The zero-order valence-electron chi connectivity index (χ0n) is 14.5. The maximum Gasteiger partial charge on any atom is 0.319 e. The lowest BCUT2D eigenvalue weighted by molar-refractivity contribution is -0.118. The molecular formula is C17H22FN5O2. The normalized spacial score (nSPS) is 10.6. The minimum absolute atomic E-state index is 0.0283. The summed E-state index contributed by atoms with van der Waals surface area (Å²) in [6, 6.07) is 3.57. The quantitative estimate of drug-likeness (QED) is 0.751. The fourth-order valence-corrected chi connectivity index (χ4v) is 2.10. The average molecular weight is 347 g/mol. The van der Waals surface area contributed by atoms with Gasteiger partial charge in [-0.2, -0.15) is 0 Å². The minimum atomic E-state index is -0.563. The van der Waals surface area contributed by atoms with Gasteiger partial charge in [-0.05, 0) is 25.1 Å². The second-order valence-electron chi connectivity index (χ2n) is 5.82. The molecule has 0 atom stereocenters. The molecule has 0 spiro atoms. The third-order valence-electron chi connectivity index (χ3n) is 3.58. The Morgan fingerprint density at radius 3 is 2.72 bits per heavy atom. The summed E-state index contributed by atoms with van der Waals surface area (Å²) in [4.78, 5) is 27.7. The number of carbonyl (C=O) groups is 2. The number of rotatable bonds is 6. The molecule has 0 bridgehead atoms. The molecule has 0 radical (unpaired) electrons. The van der Waals surface area contributed by atoms with Crippen LogP contribution in [0.25, 0.3) is 0 Å². The second kappa shape index (κ2) is 8.27. The summed E-state index contributed by atoms with van der Waals surface area (Å²) < 4.78 is 15.7. The van der Waals surface area contributed by atoms with Gasteiger partial charge in [-0.15, -0.1) is 0 Å². The van der Waals surface area contributed by atoms with Gasteiger partial charge in [-0.3, -0.25) is 4.79 Å². The maximum atomic E-state index is 13.8. The molecule has 0 fully saturated rings. The number of hydrogen-bond acceptors (Lipinski definition) is 3. The van der Waals surface area contributed by atoms with Crippen LogP contribution in [0.5, 0.6) is 0 Å². The lowest BCUT2D eigenvalue weighted by Crippen LogP contribution is -2.29. The van der Waals surface area contributed by atoms with Gasteiger partial charge in [0.05, 0.1) is 24.3 Å². The Morgan fingerprint density at radius 2 is 2.04 bits per heavy atom. The van der Waals surface area contributed by atoms with Crippen molar-refractivity contribution in [3.63, 3.8) is 0 Å². The summed E-state index contributed by atoms with van der Waals surface area (Å²) in [5, 5.41) is 7.82. The van der Waals surface area contributed by atoms with E-state index in [1.54, 1.807) is 26.4 Å². The van der Waals surface area contributed by atoms with Gasteiger partial charge in [0.15, 0.2) is 0 Å². The first-order chi connectivity index (χ1) is 11.9. The zero-order valence-corrected chi connectivity index (χ0v) is 14.5. The Bertz CT molecular complexity index is 757. The van der Waals surface area contributed by atoms with E-state index in [9.17, 15) is 14.0 Å². The van der Waals surface area contributed by atoms with Crippen LogP contribution in [0.2, 0.25) is 0 Å². The molecule has 134 valence electrons. The summed E-state index contributed by atoms with van der Waals surface area (Å²) >= 11 is 0. The third-order valence-corrected chi connectivity index (χ3v) is 3.58. The number of amides is 3. The molecule has 0 saturated heterocycles. The number of nitrogens with zero attached hydrogens (tertiary/aromatic N) is 2. The molecule has 2 rings (SSSR count). The van der Waals surface area contributed by atoms with Crippen molar-refractivity contribution >= 4 is 23.3 Å². The van der Waals surface area contributed by atoms with E-state index in [-0.39, 0.29) is 17.5 Å². The average Bonchev–Trinajstić information content (AvgIpc) is 3.03. The summed E-state index contributed by atoms with van der Waals surface area (Å²) in [6.07, 6.45) is 3.37. The van der Waals surface area contributed by atoms with Gasteiger partial charge in [-0.1, -0.05) is 13.8 Å². The number of benzene rings is 1. The monoisotopic (exact) mass is 347 g/mol. The van der Waals surface area contributed by atoms with Gasteiger partial charge in [0, 0.05) is 24.3 Å². The van der Waals surface area contributed by atoms with E-state index in [0.717, 1.165) is 12.2 Å². The van der Waals surface area contributed by atoms with Crippen LogP contribution >= 0.6 is 0 Å². The Kier molecular flexibility index (Phi) is 6.10. The van der Waals surface area contributed by atoms with Crippen molar-refractivity contribution in [2.45, 2.75) is 33.9 Å². The van der Waals surface area contributed by atoms with Crippen LogP contribution in [-0.2, 0) is 17.9 Å². The molecule has 3 amide bonds. The fraction of sp³-hybridized carbons (Fsp3) is 0.353. The molecule has 0 aliphatic carbocycles. The van der Waals surface area contributed by atoms with Gasteiger partial charge in [0.2, 0.25) is 5.91 Å². The highest BCUT2D eigenvalue weighted by Crippen LogP contribution is 2.20. The Balaban J connectivity index is 1.97. The van der Waals surface area contributed by atoms with Gasteiger partial charge in [-0.25, -0.2) is 14.2 Å².